The van der Waals surface area contributed by atoms with E-state index in [1.165, 1.54) is 0 Å². The molecule has 1 aliphatic rings. The van der Waals surface area contributed by atoms with Crippen molar-refractivity contribution < 1.29 is 9.53 Å². The number of amides is 1. The molecule has 18 heavy (non-hydrogen) atoms. The number of nitrogens with zero attached hydrogens (tertiary/aromatic N) is 1. The quantitative estimate of drug-likeness (QED) is 0.873. The van der Waals surface area contributed by atoms with E-state index in [0.717, 1.165) is 5.56 Å². The van der Waals surface area contributed by atoms with Crippen LogP contribution in [0.15, 0.2) is 30.3 Å². The zero-order chi connectivity index (χ0) is 13.0. The summed E-state index contributed by atoms with van der Waals surface area (Å²) in [5.74, 6) is 0.126. The van der Waals surface area contributed by atoms with Gasteiger partial charge in [0.15, 0.2) is 0 Å². The number of morpholine rings is 1. The van der Waals surface area contributed by atoms with Crippen molar-refractivity contribution in [1.82, 2.24) is 10.2 Å². The molecular formula is C14H20N2O2. The van der Waals surface area contributed by atoms with E-state index in [9.17, 15) is 4.79 Å². The van der Waals surface area contributed by atoms with Crippen molar-refractivity contribution in [3.05, 3.63) is 35.9 Å². The minimum absolute atomic E-state index is 0.0308. The van der Waals surface area contributed by atoms with Crippen LogP contribution in [-0.2, 0) is 9.53 Å². The predicted molar refractivity (Wildman–Crippen MR) is 70.2 cm³/mol. The van der Waals surface area contributed by atoms with Crippen LogP contribution in [0, 0.1) is 0 Å². The minimum atomic E-state index is 0.0308. The van der Waals surface area contributed by atoms with Crippen molar-refractivity contribution >= 4 is 5.91 Å². The highest BCUT2D eigenvalue weighted by atomic mass is 16.5. The summed E-state index contributed by atoms with van der Waals surface area (Å²) in [7, 11) is 1.79. The number of hydrogen-bond donors (Lipinski definition) is 1. The molecule has 1 N–H and O–H groups in total. The predicted octanol–water partition coefficient (Wildman–Crippen LogP) is 1.19. The van der Waals surface area contributed by atoms with Crippen LogP contribution in [0.3, 0.4) is 0 Å². The topological polar surface area (TPSA) is 41.6 Å². The zero-order valence-electron chi connectivity index (χ0n) is 10.9. The largest absolute Gasteiger partial charge is 0.374 e. The molecule has 2 atom stereocenters. The lowest BCUT2D eigenvalue weighted by molar-refractivity contribution is -0.143. The van der Waals surface area contributed by atoms with E-state index < -0.39 is 0 Å². The number of carbonyl (C=O) groups excluding carboxylic acids is 1. The molecule has 1 aromatic carbocycles. The molecule has 0 radical (unpaired) electrons. The van der Waals surface area contributed by atoms with Gasteiger partial charge in [-0.1, -0.05) is 30.3 Å². The number of carbonyl (C=O) groups is 1. The summed E-state index contributed by atoms with van der Waals surface area (Å²) in [4.78, 5) is 14.1. The number of nitrogens with one attached hydrogen (secondary N) is 1. The molecule has 2 rings (SSSR count). The molecule has 1 amide bonds. The van der Waals surface area contributed by atoms with Gasteiger partial charge in [0.2, 0.25) is 5.91 Å². The highest BCUT2D eigenvalue weighted by Gasteiger charge is 2.30. The Bertz CT molecular complexity index is 394. The molecule has 4 nitrogen and oxygen atoms in total. The Morgan fingerprint density at radius 2 is 2.17 bits per heavy atom. The summed E-state index contributed by atoms with van der Waals surface area (Å²) < 4.78 is 5.69. The first-order valence-corrected chi connectivity index (χ1v) is 6.33. The molecule has 98 valence electrons. The molecule has 0 unspecified atom stereocenters. The maximum atomic E-state index is 12.1. The smallest absolute Gasteiger partial charge is 0.237 e. The van der Waals surface area contributed by atoms with Gasteiger partial charge in [0.05, 0.1) is 25.3 Å². The van der Waals surface area contributed by atoms with E-state index >= 15 is 0 Å². The number of ether oxygens (including phenoxy) is 1. The molecule has 1 fully saturated rings. The van der Waals surface area contributed by atoms with Crippen molar-refractivity contribution in [3.63, 3.8) is 0 Å². The number of benzene rings is 1. The molecule has 1 aromatic rings. The third-order valence-electron chi connectivity index (χ3n) is 3.20. The van der Waals surface area contributed by atoms with E-state index in [2.05, 4.69) is 5.32 Å². The summed E-state index contributed by atoms with van der Waals surface area (Å²) in [6.07, 6.45) is 0.103. The third-order valence-corrected chi connectivity index (χ3v) is 3.20. The number of rotatable bonds is 3. The van der Waals surface area contributed by atoms with Crippen LogP contribution in [0.1, 0.15) is 18.5 Å². The van der Waals surface area contributed by atoms with Crippen LogP contribution in [0.4, 0.5) is 0 Å². The molecule has 1 aliphatic heterocycles. The SMILES string of the molecule is CNCC(=O)N1C[C@@H](C)OC[C@H]1c1ccccc1. The fourth-order valence-corrected chi connectivity index (χ4v) is 2.28. The van der Waals surface area contributed by atoms with Gasteiger partial charge in [-0.2, -0.15) is 0 Å². The summed E-state index contributed by atoms with van der Waals surface area (Å²) in [5.41, 5.74) is 1.13. The van der Waals surface area contributed by atoms with Gasteiger partial charge in [-0.25, -0.2) is 0 Å². The second kappa shape index (κ2) is 5.98. The maximum absolute atomic E-state index is 12.1. The average molecular weight is 248 g/mol. The molecule has 0 bridgehead atoms. The van der Waals surface area contributed by atoms with E-state index in [4.69, 9.17) is 4.74 Å². The Kier molecular flexibility index (Phi) is 4.33. The van der Waals surface area contributed by atoms with Crippen LogP contribution >= 0.6 is 0 Å². The van der Waals surface area contributed by atoms with Crippen LogP contribution in [-0.4, -0.2) is 43.7 Å². The number of hydrogen-bond acceptors (Lipinski definition) is 3. The molecule has 0 aromatic heterocycles. The highest BCUT2D eigenvalue weighted by Crippen LogP contribution is 2.25. The summed E-state index contributed by atoms with van der Waals surface area (Å²) in [6, 6.07) is 10.1. The zero-order valence-corrected chi connectivity index (χ0v) is 10.9. The van der Waals surface area contributed by atoms with Gasteiger partial charge in [-0.15, -0.1) is 0 Å². The van der Waals surface area contributed by atoms with Crippen molar-refractivity contribution in [2.24, 2.45) is 0 Å². The Balaban J connectivity index is 2.18. The molecule has 4 heteroatoms. The molecule has 1 saturated heterocycles. The van der Waals surface area contributed by atoms with Gasteiger partial charge < -0.3 is 15.0 Å². The van der Waals surface area contributed by atoms with Crippen LogP contribution in [0.2, 0.25) is 0 Å². The average Bonchev–Trinajstić information content (AvgIpc) is 2.40. The highest BCUT2D eigenvalue weighted by molar-refractivity contribution is 5.79. The Hall–Kier alpha value is -1.39. The Morgan fingerprint density at radius 3 is 2.83 bits per heavy atom. The maximum Gasteiger partial charge on any atom is 0.237 e. The molecule has 0 saturated carbocycles. The van der Waals surface area contributed by atoms with E-state index in [1.54, 1.807) is 7.05 Å². The molecule has 1 heterocycles. The second-order valence-corrected chi connectivity index (χ2v) is 4.65. The molecule has 0 aliphatic carbocycles. The van der Waals surface area contributed by atoms with Crippen LogP contribution in [0.5, 0.6) is 0 Å². The Labute approximate surface area is 108 Å². The van der Waals surface area contributed by atoms with E-state index in [1.807, 2.05) is 42.2 Å². The normalized spacial score (nSPS) is 24.0. The first-order chi connectivity index (χ1) is 8.72. The van der Waals surface area contributed by atoms with Crippen molar-refractivity contribution in [2.45, 2.75) is 19.1 Å². The van der Waals surface area contributed by atoms with Crippen molar-refractivity contribution in [1.29, 1.82) is 0 Å². The van der Waals surface area contributed by atoms with Gasteiger partial charge in [-0.3, -0.25) is 4.79 Å². The monoisotopic (exact) mass is 248 g/mol. The van der Waals surface area contributed by atoms with E-state index in [-0.39, 0.29) is 18.1 Å². The van der Waals surface area contributed by atoms with Crippen LogP contribution < -0.4 is 5.32 Å². The first-order valence-electron chi connectivity index (χ1n) is 6.33. The summed E-state index contributed by atoms with van der Waals surface area (Å²) >= 11 is 0. The standard InChI is InChI=1S/C14H20N2O2/c1-11-9-16(14(17)8-15-2)13(10-18-11)12-6-4-3-5-7-12/h3-7,11,13,15H,8-10H2,1-2H3/t11-,13+/m1/s1. The summed E-state index contributed by atoms with van der Waals surface area (Å²) in [6.45, 7) is 3.59. The van der Waals surface area contributed by atoms with Gasteiger partial charge >= 0.3 is 0 Å². The molecule has 0 spiro atoms. The van der Waals surface area contributed by atoms with Crippen molar-refractivity contribution in [2.75, 3.05) is 26.7 Å². The minimum Gasteiger partial charge on any atom is -0.374 e. The fourth-order valence-electron chi connectivity index (χ4n) is 2.28. The van der Waals surface area contributed by atoms with Crippen LogP contribution in [0.25, 0.3) is 0 Å². The second-order valence-electron chi connectivity index (χ2n) is 4.65. The van der Waals surface area contributed by atoms with E-state index in [0.29, 0.717) is 19.7 Å². The Morgan fingerprint density at radius 1 is 1.44 bits per heavy atom. The fraction of sp³-hybridized carbons (Fsp3) is 0.500. The molecular weight excluding hydrogens is 228 g/mol. The van der Waals surface area contributed by atoms with Crippen molar-refractivity contribution in [3.8, 4) is 0 Å². The van der Waals surface area contributed by atoms with Gasteiger partial charge in [0, 0.05) is 6.54 Å². The third kappa shape index (κ3) is 2.89. The number of likely N-dealkylation sites (N-methyl/N-ethyl adjacent to an activating group) is 1. The van der Waals surface area contributed by atoms with Gasteiger partial charge in [0.1, 0.15) is 0 Å². The lowest BCUT2D eigenvalue weighted by Gasteiger charge is -2.39. The van der Waals surface area contributed by atoms with Gasteiger partial charge in [0.25, 0.3) is 0 Å². The summed E-state index contributed by atoms with van der Waals surface area (Å²) in [5, 5.41) is 2.92. The van der Waals surface area contributed by atoms with Gasteiger partial charge in [-0.05, 0) is 19.5 Å². The lowest BCUT2D eigenvalue weighted by Crippen LogP contribution is -2.49. The first kappa shape index (κ1) is 13.1. The lowest BCUT2D eigenvalue weighted by atomic mass is 10.0.